The van der Waals surface area contributed by atoms with Gasteiger partial charge < -0.3 is 0 Å². The van der Waals surface area contributed by atoms with Gasteiger partial charge >= 0.3 is 0 Å². The van der Waals surface area contributed by atoms with Crippen molar-refractivity contribution in [3.8, 4) is 17.3 Å². The summed E-state index contributed by atoms with van der Waals surface area (Å²) in [6.07, 6.45) is 4.52. The number of rotatable bonds is 1. The summed E-state index contributed by atoms with van der Waals surface area (Å²) in [7, 11) is 0. The summed E-state index contributed by atoms with van der Waals surface area (Å²) in [6.45, 7) is 0. The Hall–Kier alpha value is -2.74. The zero-order valence-electron chi connectivity index (χ0n) is 9.21. The SMILES string of the molecule is N#Cc1c(-c2cccnc2)nc2ccc(F)cn12. The molecule has 0 aliphatic heterocycles. The van der Waals surface area contributed by atoms with Crippen LogP contribution in [-0.4, -0.2) is 14.4 Å². The fourth-order valence-electron chi connectivity index (χ4n) is 1.83. The van der Waals surface area contributed by atoms with E-state index in [1.807, 2.05) is 6.07 Å². The van der Waals surface area contributed by atoms with Gasteiger partial charge in [0.05, 0.1) is 0 Å². The second kappa shape index (κ2) is 3.93. The third-order valence-corrected chi connectivity index (χ3v) is 2.62. The Balaban J connectivity index is 2.34. The highest BCUT2D eigenvalue weighted by Crippen LogP contribution is 2.23. The lowest BCUT2D eigenvalue weighted by molar-refractivity contribution is 0.619. The standard InChI is InChI=1S/C13H7FN4/c14-10-3-4-12-17-13(9-2-1-5-16-7-9)11(6-15)18(12)8-10/h1-5,7-8H. The summed E-state index contributed by atoms with van der Waals surface area (Å²) >= 11 is 0. The average molecular weight is 238 g/mol. The number of halogens is 1. The third kappa shape index (κ3) is 1.52. The summed E-state index contributed by atoms with van der Waals surface area (Å²) in [4.78, 5) is 8.32. The summed E-state index contributed by atoms with van der Waals surface area (Å²) in [6, 6.07) is 8.48. The van der Waals surface area contributed by atoms with E-state index in [1.54, 1.807) is 18.5 Å². The second-order valence-corrected chi connectivity index (χ2v) is 3.74. The van der Waals surface area contributed by atoms with Gasteiger partial charge in [-0.05, 0) is 24.3 Å². The molecule has 0 radical (unpaired) electrons. The molecule has 5 heteroatoms. The Bertz CT molecular complexity index is 756. The van der Waals surface area contributed by atoms with E-state index in [-0.39, 0.29) is 0 Å². The molecule has 0 aliphatic rings. The molecule has 0 unspecified atom stereocenters. The van der Waals surface area contributed by atoms with E-state index in [0.717, 1.165) is 5.56 Å². The first-order valence-electron chi connectivity index (χ1n) is 5.27. The summed E-state index contributed by atoms with van der Waals surface area (Å²) < 4.78 is 14.6. The van der Waals surface area contributed by atoms with E-state index in [0.29, 0.717) is 17.0 Å². The quantitative estimate of drug-likeness (QED) is 0.654. The summed E-state index contributed by atoms with van der Waals surface area (Å²) in [5.41, 5.74) is 2.08. The number of hydrogen-bond donors (Lipinski definition) is 0. The Morgan fingerprint density at radius 3 is 2.89 bits per heavy atom. The molecule has 86 valence electrons. The maximum atomic E-state index is 13.2. The van der Waals surface area contributed by atoms with Crippen molar-refractivity contribution in [3.05, 3.63) is 54.4 Å². The van der Waals surface area contributed by atoms with Crippen molar-refractivity contribution < 1.29 is 4.39 Å². The number of imidazole rings is 1. The second-order valence-electron chi connectivity index (χ2n) is 3.74. The van der Waals surface area contributed by atoms with Gasteiger partial charge in [-0.1, -0.05) is 0 Å². The molecule has 0 N–H and O–H groups in total. The fourth-order valence-corrected chi connectivity index (χ4v) is 1.83. The van der Waals surface area contributed by atoms with Crippen LogP contribution in [0.1, 0.15) is 5.69 Å². The van der Waals surface area contributed by atoms with Gasteiger partial charge in [-0.15, -0.1) is 0 Å². The molecule has 0 saturated heterocycles. The molecule has 0 saturated carbocycles. The molecule has 0 fully saturated rings. The lowest BCUT2D eigenvalue weighted by Crippen LogP contribution is -1.90. The van der Waals surface area contributed by atoms with E-state index < -0.39 is 5.82 Å². The minimum Gasteiger partial charge on any atom is -0.288 e. The molecule has 0 aliphatic carbocycles. The highest BCUT2D eigenvalue weighted by Gasteiger charge is 2.13. The first-order valence-corrected chi connectivity index (χ1v) is 5.27. The zero-order valence-corrected chi connectivity index (χ0v) is 9.21. The number of nitrogens with zero attached hydrogens (tertiary/aromatic N) is 4. The van der Waals surface area contributed by atoms with Gasteiger partial charge in [0.25, 0.3) is 0 Å². The van der Waals surface area contributed by atoms with Gasteiger partial charge in [-0.2, -0.15) is 5.26 Å². The van der Waals surface area contributed by atoms with Crippen LogP contribution in [0.15, 0.2) is 42.9 Å². The fraction of sp³-hybridized carbons (Fsp3) is 0. The minimum absolute atomic E-state index is 0.303. The van der Waals surface area contributed by atoms with Crippen LogP contribution in [-0.2, 0) is 0 Å². The lowest BCUT2D eigenvalue weighted by atomic mass is 10.2. The van der Waals surface area contributed by atoms with Crippen LogP contribution >= 0.6 is 0 Å². The largest absolute Gasteiger partial charge is 0.288 e. The van der Waals surface area contributed by atoms with Crippen molar-refractivity contribution in [2.24, 2.45) is 0 Å². The van der Waals surface area contributed by atoms with Crippen LogP contribution in [0.3, 0.4) is 0 Å². The number of nitriles is 1. The zero-order chi connectivity index (χ0) is 12.5. The van der Waals surface area contributed by atoms with Gasteiger partial charge in [-0.3, -0.25) is 9.38 Å². The molecule has 4 nitrogen and oxygen atoms in total. The Morgan fingerprint density at radius 1 is 1.28 bits per heavy atom. The van der Waals surface area contributed by atoms with Crippen LogP contribution < -0.4 is 0 Å². The van der Waals surface area contributed by atoms with Gasteiger partial charge in [0.15, 0.2) is 5.69 Å². The topological polar surface area (TPSA) is 54.0 Å². The van der Waals surface area contributed by atoms with Crippen LogP contribution in [0.2, 0.25) is 0 Å². The van der Waals surface area contributed by atoms with E-state index in [4.69, 9.17) is 0 Å². The average Bonchev–Trinajstić information content (AvgIpc) is 2.77. The molecule has 3 rings (SSSR count). The molecule has 0 aromatic carbocycles. The summed E-state index contributed by atoms with van der Waals surface area (Å²) in [5, 5.41) is 9.20. The molecule has 3 heterocycles. The smallest absolute Gasteiger partial charge is 0.152 e. The number of pyridine rings is 2. The molecular formula is C13H7FN4. The first-order chi connectivity index (χ1) is 8.79. The van der Waals surface area contributed by atoms with Gasteiger partial charge in [0.1, 0.15) is 23.2 Å². The highest BCUT2D eigenvalue weighted by molar-refractivity contribution is 5.68. The molecule has 3 aromatic rings. The van der Waals surface area contributed by atoms with Gasteiger partial charge in [0, 0.05) is 24.2 Å². The predicted molar refractivity (Wildman–Crippen MR) is 63.1 cm³/mol. The van der Waals surface area contributed by atoms with E-state index in [1.165, 1.54) is 22.7 Å². The van der Waals surface area contributed by atoms with Crippen molar-refractivity contribution in [1.82, 2.24) is 14.4 Å². The van der Waals surface area contributed by atoms with E-state index >= 15 is 0 Å². The molecule has 0 bridgehead atoms. The van der Waals surface area contributed by atoms with E-state index in [9.17, 15) is 9.65 Å². The van der Waals surface area contributed by atoms with Crippen LogP contribution in [0.5, 0.6) is 0 Å². The minimum atomic E-state index is -0.408. The lowest BCUT2D eigenvalue weighted by Gasteiger charge is -1.96. The van der Waals surface area contributed by atoms with Crippen LogP contribution in [0, 0.1) is 17.1 Å². The highest BCUT2D eigenvalue weighted by atomic mass is 19.1. The molecular weight excluding hydrogens is 231 g/mol. The first kappa shape index (κ1) is 10.4. The van der Waals surface area contributed by atoms with Gasteiger partial charge in [0.2, 0.25) is 0 Å². The number of aromatic nitrogens is 3. The van der Waals surface area contributed by atoms with Gasteiger partial charge in [-0.25, -0.2) is 9.37 Å². The molecule has 0 spiro atoms. The molecule has 18 heavy (non-hydrogen) atoms. The van der Waals surface area contributed by atoms with Crippen molar-refractivity contribution in [2.45, 2.75) is 0 Å². The van der Waals surface area contributed by atoms with Crippen molar-refractivity contribution >= 4 is 5.65 Å². The Labute approximate surface area is 102 Å². The molecule has 0 atom stereocenters. The predicted octanol–water partition coefficient (Wildman–Crippen LogP) is 2.41. The Kier molecular flexibility index (Phi) is 2.27. The normalized spacial score (nSPS) is 10.4. The molecule has 3 aromatic heterocycles. The van der Waals surface area contributed by atoms with E-state index in [2.05, 4.69) is 16.0 Å². The summed E-state index contributed by atoms with van der Waals surface area (Å²) in [5.74, 6) is -0.408. The van der Waals surface area contributed by atoms with Crippen molar-refractivity contribution in [1.29, 1.82) is 5.26 Å². The monoisotopic (exact) mass is 238 g/mol. The third-order valence-electron chi connectivity index (χ3n) is 2.62. The number of hydrogen-bond acceptors (Lipinski definition) is 3. The van der Waals surface area contributed by atoms with Crippen molar-refractivity contribution in [3.63, 3.8) is 0 Å². The number of fused-ring (bicyclic) bond motifs is 1. The van der Waals surface area contributed by atoms with Crippen molar-refractivity contribution in [2.75, 3.05) is 0 Å². The maximum absolute atomic E-state index is 13.2. The van der Waals surface area contributed by atoms with Crippen LogP contribution in [0.25, 0.3) is 16.9 Å². The molecule has 0 amide bonds. The maximum Gasteiger partial charge on any atom is 0.152 e. The Morgan fingerprint density at radius 2 is 2.17 bits per heavy atom. The van der Waals surface area contributed by atoms with Crippen LogP contribution in [0.4, 0.5) is 4.39 Å².